The summed E-state index contributed by atoms with van der Waals surface area (Å²) < 4.78 is 6.65. The molecule has 1 aromatic carbocycles. The van der Waals surface area contributed by atoms with Crippen molar-refractivity contribution in [3.05, 3.63) is 46.5 Å². The van der Waals surface area contributed by atoms with E-state index >= 15 is 0 Å². The summed E-state index contributed by atoms with van der Waals surface area (Å²) in [5.41, 5.74) is 2.53. The predicted molar refractivity (Wildman–Crippen MR) is 83.5 cm³/mol. The van der Waals surface area contributed by atoms with Crippen LogP contribution >= 0.6 is 15.9 Å². The van der Waals surface area contributed by atoms with Crippen molar-refractivity contribution in [2.45, 2.75) is 31.7 Å². The van der Waals surface area contributed by atoms with Crippen molar-refractivity contribution < 1.29 is 4.74 Å². The number of ether oxygens (including phenoxy) is 1. The van der Waals surface area contributed by atoms with Crippen LogP contribution in [0, 0.1) is 0 Å². The van der Waals surface area contributed by atoms with E-state index in [1.165, 1.54) is 22.9 Å². The van der Waals surface area contributed by atoms with E-state index in [-0.39, 0.29) is 0 Å². The van der Waals surface area contributed by atoms with Crippen LogP contribution in [0.4, 0.5) is 0 Å². The molecule has 2 rings (SSSR count). The van der Waals surface area contributed by atoms with E-state index in [0.29, 0.717) is 18.6 Å². The minimum Gasteiger partial charge on any atom is -0.376 e. The highest BCUT2D eigenvalue weighted by Gasteiger charge is 2.29. The molecule has 0 aromatic heterocycles. The molecule has 0 atom stereocenters. The highest BCUT2D eigenvalue weighted by molar-refractivity contribution is 9.10. The van der Waals surface area contributed by atoms with E-state index in [2.05, 4.69) is 52.1 Å². The zero-order chi connectivity index (χ0) is 13.7. The average Bonchev–Trinajstić information content (AvgIpc) is 2.30. The molecule has 3 heteroatoms. The minimum absolute atomic E-state index is 0.650. The summed E-state index contributed by atoms with van der Waals surface area (Å²) in [6, 6.07) is 9.30. The molecule has 0 aliphatic heterocycles. The third-order valence-corrected chi connectivity index (χ3v) is 3.98. The smallest absolute Gasteiger partial charge is 0.0672 e. The fourth-order valence-corrected chi connectivity index (χ4v) is 2.82. The van der Waals surface area contributed by atoms with Gasteiger partial charge < -0.3 is 10.1 Å². The Hall–Kier alpha value is -0.640. The van der Waals surface area contributed by atoms with Gasteiger partial charge in [0.2, 0.25) is 0 Å². The molecule has 0 spiro atoms. The van der Waals surface area contributed by atoms with Gasteiger partial charge in [-0.3, -0.25) is 0 Å². The Morgan fingerprint density at radius 3 is 2.95 bits per heavy atom. The summed E-state index contributed by atoms with van der Waals surface area (Å²) in [4.78, 5) is 0. The maximum absolute atomic E-state index is 5.47. The molecule has 1 fully saturated rings. The van der Waals surface area contributed by atoms with Gasteiger partial charge in [0.05, 0.1) is 13.2 Å². The summed E-state index contributed by atoms with van der Waals surface area (Å²) in [7, 11) is 0. The van der Waals surface area contributed by atoms with Crippen LogP contribution in [-0.2, 0) is 4.74 Å². The second-order valence-corrected chi connectivity index (χ2v) is 6.30. The topological polar surface area (TPSA) is 21.3 Å². The first-order valence-electron chi connectivity index (χ1n) is 6.86. The summed E-state index contributed by atoms with van der Waals surface area (Å²) in [5, 5.41) is 3.54. The monoisotopic (exact) mass is 323 g/mol. The van der Waals surface area contributed by atoms with Gasteiger partial charge in [0.25, 0.3) is 0 Å². The molecule has 0 radical (unpaired) electrons. The van der Waals surface area contributed by atoms with Crippen LogP contribution in [0.5, 0.6) is 0 Å². The predicted octanol–water partition coefficient (Wildman–Crippen LogP) is 3.88. The van der Waals surface area contributed by atoms with Crippen LogP contribution in [0.15, 0.2) is 40.9 Å². The van der Waals surface area contributed by atoms with Gasteiger partial charge in [0, 0.05) is 17.1 Å². The van der Waals surface area contributed by atoms with Crippen molar-refractivity contribution in [3.8, 4) is 0 Å². The zero-order valence-corrected chi connectivity index (χ0v) is 13.1. The van der Waals surface area contributed by atoms with Crippen LogP contribution in [0.1, 0.15) is 31.2 Å². The first-order chi connectivity index (χ1) is 9.15. The van der Waals surface area contributed by atoms with E-state index in [9.17, 15) is 0 Å². The zero-order valence-electron chi connectivity index (χ0n) is 11.5. The van der Waals surface area contributed by atoms with Crippen LogP contribution < -0.4 is 5.32 Å². The Labute approximate surface area is 124 Å². The molecule has 1 aromatic rings. The Bertz CT molecular complexity index is 427. The van der Waals surface area contributed by atoms with Gasteiger partial charge in [-0.15, -0.1) is 0 Å². The molecule has 19 heavy (non-hydrogen) atoms. The molecule has 2 nitrogen and oxygen atoms in total. The van der Waals surface area contributed by atoms with Crippen LogP contribution in [0.2, 0.25) is 0 Å². The van der Waals surface area contributed by atoms with E-state index in [4.69, 9.17) is 4.74 Å². The number of halogens is 1. The maximum atomic E-state index is 5.47. The lowest BCUT2D eigenvalue weighted by Gasteiger charge is -2.36. The van der Waals surface area contributed by atoms with Gasteiger partial charge >= 0.3 is 0 Å². The second kappa shape index (κ2) is 7.22. The molecule has 0 saturated heterocycles. The molecule has 0 heterocycles. The van der Waals surface area contributed by atoms with Gasteiger partial charge in [-0.1, -0.05) is 40.2 Å². The standard InChI is InChI=1S/C16H22BrNO/c1-12(2)11-19-7-6-18-16-9-14(10-16)13-4-3-5-15(17)8-13/h3-5,8,14,16,18H,1,6-7,9-11H2,2H3. The third kappa shape index (κ3) is 4.75. The Balaban J connectivity index is 1.60. The van der Waals surface area contributed by atoms with Crippen molar-refractivity contribution in [1.29, 1.82) is 0 Å². The summed E-state index contributed by atoms with van der Waals surface area (Å²) >= 11 is 3.53. The highest BCUT2D eigenvalue weighted by Crippen LogP contribution is 2.37. The molecular formula is C16H22BrNO. The SMILES string of the molecule is C=C(C)COCCNC1CC(c2cccc(Br)c2)C1. The molecular weight excluding hydrogens is 302 g/mol. The molecule has 1 saturated carbocycles. The van der Waals surface area contributed by atoms with E-state index in [0.717, 1.165) is 18.7 Å². The minimum atomic E-state index is 0.650. The first kappa shape index (κ1) is 14.8. The molecule has 104 valence electrons. The lowest BCUT2D eigenvalue weighted by atomic mass is 9.76. The number of rotatable bonds is 7. The van der Waals surface area contributed by atoms with Crippen LogP contribution in [0.25, 0.3) is 0 Å². The molecule has 0 bridgehead atoms. The van der Waals surface area contributed by atoms with E-state index < -0.39 is 0 Å². The van der Waals surface area contributed by atoms with Gasteiger partial charge in [-0.25, -0.2) is 0 Å². The molecule has 1 aliphatic carbocycles. The Morgan fingerprint density at radius 1 is 1.47 bits per heavy atom. The van der Waals surface area contributed by atoms with Crippen molar-refractivity contribution >= 4 is 15.9 Å². The largest absolute Gasteiger partial charge is 0.376 e. The molecule has 0 amide bonds. The van der Waals surface area contributed by atoms with Crippen LogP contribution in [-0.4, -0.2) is 25.8 Å². The molecule has 1 aliphatic rings. The fraction of sp³-hybridized carbons (Fsp3) is 0.500. The van der Waals surface area contributed by atoms with Crippen LogP contribution in [0.3, 0.4) is 0 Å². The number of hydrogen-bond donors (Lipinski definition) is 1. The van der Waals surface area contributed by atoms with Crippen molar-refractivity contribution in [2.75, 3.05) is 19.8 Å². The number of nitrogens with one attached hydrogen (secondary N) is 1. The van der Waals surface area contributed by atoms with Gasteiger partial charge in [-0.05, 0) is 43.4 Å². The average molecular weight is 324 g/mol. The third-order valence-electron chi connectivity index (χ3n) is 3.49. The quantitative estimate of drug-likeness (QED) is 0.607. The van der Waals surface area contributed by atoms with E-state index in [1.54, 1.807) is 0 Å². The Kier molecular flexibility index (Phi) is 5.61. The highest BCUT2D eigenvalue weighted by atomic mass is 79.9. The summed E-state index contributed by atoms with van der Waals surface area (Å²) in [6.07, 6.45) is 2.47. The van der Waals surface area contributed by atoms with Gasteiger partial charge in [0.1, 0.15) is 0 Å². The number of benzene rings is 1. The Morgan fingerprint density at radius 2 is 2.26 bits per heavy atom. The molecule has 0 unspecified atom stereocenters. The van der Waals surface area contributed by atoms with E-state index in [1.807, 2.05) is 6.92 Å². The number of hydrogen-bond acceptors (Lipinski definition) is 2. The summed E-state index contributed by atoms with van der Waals surface area (Å²) in [5.74, 6) is 0.714. The van der Waals surface area contributed by atoms with Gasteiger partial charge in [0.15, 0.2) is 0 Å². The van der Waals surface area contributed by atoms with Gasteiger partial charge in [-0.2, -0.15) is 0 Å². The lowest BCUT2D eigenvalue weighted by molar-refractivity contribution is 0.148. The van der Waals surface area contributed by atoms with Crippen molar-refractivity contribution in [3.63, 3.8) is 0 Å². The molecule has 1 N–H and O–H groups in total. The summed E-state index contributed by atoms with van der Waals surface area (Å²) in [6.45, 7) is 8.18. The fourth-order valence-electron chi connectivity index (χ4n) is 2.40. The van der Waals surface area contributed by atoms with Crippen molar-refractivity contribution in [1.82, 2.24) is 5.32 Å². The first-order valence-corrected chi connectivity index (χ1v) is 7.65. The lowest BCUT2D eigenvalue weighted by Crippen LogP contribution is -2.41. The maximum Gasteiger partial charge on any atom is 0.0672 e. The second-order valence-electron chi connectivity index (χ2n) is 5.38. The van der Waals surface area contributed by atoms with Crippen molar-refractivity contribution in [2.24, 2.45) is 0 Å². The normalized spacial score (nSPS) is 22.0.